The Morgan fingerprint density at radius 2 is 1.85 bits per heavy atom. The molecule has 0 saturated carbocycles. The molecule has 3 N–H and O–H groups in total. The minimum atomic E-state index is -0.479. The van der Waals surface area contributed by atoms with E-state index in [9.17, 15) is 14.4 Å². The zero-order valence-corrected chi connectivity index (χ0v) is 16.0. The van der Waals surface area contributed by atoms with Crippen LogP contribution in [0.3, 0.4) is 0 Å². The fourth-order valence-electron chi connectivity index (χ4n) is 3.51. The van der Waals surface area contributed by atoms with Gasteiger partial charge in [-0.3, -0.25) is 19.6 Å². The number of hydrogen-bond acceptors (Lipinski definition) is 4. The van der Waals surface area contributed by atoms with Gasteiger partial charge in [0.15, 0.2) is 0 Å². The maximum Gasteiger partial charge on any atom is 0.326 e. The van der Waals surface area contributed by atoms with Crippen LogP contribution in [0.2, 0.25) is 0 Å². The predicted octanol–water partition coefficient (Wildman–Crippen LogP) is 1.59. The first-order chi connectivity index (χ1) is 12.7. The number of amides is 3. The van der Waals surface area contributed by atoms with Crippen molar-refractivity contribution in [1.29, 1.82) is 0 Å². The van der Waals surface area contributed by atoms with Gasteiger partial charge in [-0.1, -0.05) is 12.1 Å². The topological polar surface area (TPSA) is 99.2 Å². The van der Waals surface area contributed by atoms with Crippen molar-refractivity contribution < 1.29 is 9.59 Å². The average molecular weight is 373 g/mol. The Morgan fingerprint density at radius 1 is 1.19 bits per heavy atom. The van der Waals surface area contributed by atoms with Crippen LogP contribution in [-0.4, -0.2) is 51.6 Å². The van der Waals surface area contributed by atoms with E-state index in [0.717, 1.165) is 23.9 Å². The third-order valence-electron chi connectivity index (χ3n) is 4.65. The van der Waals surface area contributed by atoms with Crippen molar-refractivity contribution in [3.05, 3.63) is 34.7 Å². The first-order valence-electron chi connectivity index (χ1n) is 9.26. The van der Waals surface area contributed by atoms with Crippen LogP contribution in [0.5, 0.6) is 0 Å². The van der Waals surface area contributed by atoms with Crippen LogP contribution in [0.4, 0.5) is 4.79 Å². The molecule has 1 fully saturated rings. The van der Waals surface area contributed by atoms with Crippen LogP contribution in [0.15, 0.2) is 29.1 Å². The van der Waals surface area contributed by atoms with Crippen molar-refractivity contribution >= 4 is 23.0 Å². The molecule has 0 atom stereocenters. The number of carbonyl (C=O) groups is 2. The Bertz CT molecular complexity index is 885. The number of likely N-dealkylation sites (tertiary alicyclic amines) is 1. The number of rotatable bonds is 3. The van der Waals surface area contributed by atoms with Crippen molar-refractivity contribution in [2.75, 3.05) is 19.6 Å². The fourth-order valence-corrected chi connectivity index (χ4v) is 3.51. The molecular weight excluding hydrogens is 346 g/mol. The minimum absolute atomic E-state index is 0.0914. The van der Waals surface area contributed by atoms with Gasteiger partial charge in [-0.25, -0.2) is 9.59 Å². The van der Waals surface area contributed by atoms with E-state index in [-0.39, 0.29) is 24.2 Å². The maximum atomic E-state index is 12.3. The second-order valence-electron chi connectivity index (χ2n) is 8.08. The highest BCUT2D eigenvalue weighted by atomic mass is 16.2. The van der Waals surface area contributed by atoms with E-state index >= 15 is 0 Å². The normalized spacial score (nSPS) is 16.4. The molecule has 8 nitrogen and oxygen atoms in total. The molecule has 0 aliphatic carbocycles. The van der Waals surface area contributed by atoms with E-state index in [1.807, 2.05) is 54.5 Å². The van der Waals surface area contributed by atoms with E-state index in [1.165, 1.54) is 0 Å². The van der Waals surface area contributed by atoms with Gasteiger partial charge in [0.2, 0.25) is 5.91 Å². The molecule has 1 aliphatic rings. The lowest BCUT2D eigenvalue weighted by atomic mass is 10.0. The van der Waals surface area contributed by atoms with Gasteiger partial charge in [-0.15, -0.1) is 0 Å². The first-order valence-corrected chi connectivity index (χ1v) is 9.26. The number of para-hydroxylation sites is 2. The number of fused-ring (bicyclic) bond motifs is 1. The summed E-state index contributed by atoms with van der Waals surface area (Å²) in [6.07, 6.45) is 1.56. The predicted molar refractivity (Wildman–Crippen MR) is 104 cm³/mol. The Kier molecular flexibility index (Phi) is 5.36. The monoisotopic (exact) mass is 373 g/mol. The van der Waals surface area contributed by atoms with E-state index in [4.69, 9.17) is 0 Å². The maximum absolute atomic E-state index is 12.3. The number of carbonyl (C=O) groups excluding carboxylic acids is 2. The van der Waals surface area contributed by atoms with Crippen LogP contribution in [0.1, 0.15) is 39.7 Å². The first kappa shape index (κ1) is 19.2. The van der Waals surface area contributed by atoms with Crippen molar-refractivity contribution in [1.82, 2.24) is 25.1 Å². The largest absolute Gasteiger partial charge is 0.333 e. The number of aromatic amines is 1. The molecular formula is C19H27N5O3. The van der Waals surface area contributed by atoms with Gasteiger partial charge in [0.05, 0.1) is 17.6 Å². The van der Waals surface area contributed by atoms with Crippen LogP contribution < -0.4 is 16.3 Å². The molecule has 1 aromatic carbocycles. The quantitative estimate of drug-likeness (QED) is 0.761. The molecule has 1 saturated heterocycles. The molecule has 1 aliphatic heterocycles. The molecule has 1 aromatic heterocycles. The molecule has 8 heteroatoms. The van der Waals surface area contributed by atoms with Crippen molar-refractivity contribution in [2.45, 2.75) is 45.2 Å². The third kappa shape index (κ3) is 4.77. The number of urea groups is 1. The van der Waals surface area contributed by atoms with Gasteiger partial charge in [0, 0.05) is 24.7 Å². The molecule has 0 bridgehead atoms. The summed E-state index contributed by atoms with van der Waals surface area (Å²) in [7, 11) is 0. The van der Waals surface area contributed by atoms with E-state index in [1.54, 1.807) is 0 Å². The third-order valence-corrected chi connectivity index (χ3v) is 4.65. The number of aromatic nitrogens is 2. The van der Waals surface area contributed by atoms with E-state index in [0.29, 0.717) is 13.1 Å². The standard InChI is InChI=1S/C19H27N5O3/c1-19(2,3)22-17(26)21-16(25)12-23-10-8-13(9-11-23)24-15-7-5-4-6-14(15)20-18(24)27/h4-7,13H,8-12H2,1-3H3,(H,20,27)(H2,21,22,25,26). The summed E-state index contributed by atoms with van der Waals surface area (Å²) in [6, 6.07) is 7.30. The lowest BCUT2D eigenvalue weighted by molar-refractivity contribution is -0.121. The number of nitrogens with zero attached hydrogens (tertiary/aromatic N) is 2. The van der Waals surface area contributed by atoms with E-state index in [2.05, 4.69) is 15.6 Å². The van der Waals surface area contributed by atoms with Crippen LogP contribution in [0, 0.1) is 0 Å². The summed E-state index contributed by atoms with van der Waals surface area (Å²) in [6.45, 7) is 7.14. The zero-order chi connectivity index (χ0) is 19.6. The Balaban J connectivity index is 1.54. The fraction of sp³-hybridized carbons (Fsp3) is 0.526. The number of benzene rings is 1. The van der Waals surface area contributed by atoms with Gasteiger partial charge in [0.25, 0.3) is 0 Å². The SMILES string of the molecule is CC(C)(C)NC(=O)NC(=O)CN1CCC(n2c(=O)[nH]c3ccccc32)CC1. The summed E-state index contributed by atoms with van der Waals surface area (Å²) in [5.41, 5.74) is 1.27. The molecule has 3 amide bonds. The molecule has 2 aromatic rings. The summed E-state index contributed by atoms with van der Waals surface area (Å²) in [4.78, 5) is 41.1. The average Bonchev–Trinajstić information content (AvgIpc) is 2.89. The van der Waals surface area contributed by atoms with Gasteiger partial charge >= 0.3 is 11.7 Å². The van der Waals surface area contributed by atoms with Crippen LogP contribution in [0.25, 0.3) is 11.0 Å². The highest BCUT2D eigenvalue weighted by Crippen LogP contribution is 2.24. The van der Waals surface area contributed by atoms with E-state index < -0.39 is 11.6 Å². The zero-order valence-electron chi connectivity index (χ0n) is 16.0. The van der Waals surface area contributed by atoms with Gasteiger partial charge < -0.3 is 10.3 Å². The number of H-pyrrole nitrogens is 1. The molecule has 3 rings (SSSR count). The van der Waals surface area contributed by atoms with Gasteiger partial charge in [-0.05, 0) is 45.7 Å². The number of piperidine rings is 1. The molecule has 0 unspecified atom stereocenters. The highest BCUT2D eigenvalue weighted by Gasteiger charge is 2.25. The smallest absolute Gasteiger partial charge is 0.326 e. The minimum Gasteiger partial charge on any atom is -0.333 e. The summed E-state index contributed by atoms with van der Waals surface area (Å²) < 4.78 is 1.82. The molecule has 27 heavy (non-hydrogen) atoms. The number of hydrogen-bond donors (Lipinski definition) is 3. The Morgan fingerprint density at radius 3 is 2.52 bits per heavy atom. The van der Waals surface area contributed by atoms with Gasteiger partial charge in [-0.2, -0.15) is 0 Å². The highest BCUT2D eigenvalue weighted by molar-refractivity contribution is 5.95. The van der Waals surface area contributed by atoms with Crippen molar-refractivity contribution in [2.24, 2.45) is 0 Å². The molecule has 146 valence electrons. The number of imide groups is 1. The Hall–Kier alpha value is -2.61. The molecule has 0 spiro atoms. The lowest BCUT2D eigenvalue weighted by Gasteiger charge is -2.32. The number of nitrogens with one attached hydrogen (secondary N) is 3. The molecule has 2 heterocycles. The number of imidazole rings is 1. The summed E-state index contributed by atoms with van der Waals surface area (Å²) >= 11 is 0. The van der Waals surface area contributed by atoms with Crippen LogP contribution >= 0.6 is 0 Å². The Labute approximate surface area is 157 Å². The summed E-state index contributed by atoms with van der Waals surface area (Å²) in [5, 5.41) is 5.07. The van der Waals surface area contributed by atoms with Gasteiger partial charge in [0.1, 0.15) is 0 Å². The summed E-state index contributed by atoms with van der Waals surface area (Å²) in [5.74, 6) is -0.320. The second kappa shape index (κ2) is 7.56. The second-order valence-corrected chi connectivity index (χ2v) is 8.08. The van der Waals surface area contributed by atoms with Crippen molar-refractivity contribution in [3.8, 4) is 0 Å². The lowest BCUT2D eigenvalue weighted by Crippen LogP contribution is -2.51. The van der Waals surface area contributed by atoms with Crippen molar-refractivity contribution in [3.63, 3.8) is 0 Å². The van der Waals surface area contributed by atoms with Crippen LogP contribution in [-0.2, 0) is 4.79 Å². The molecule has 0 radical (unpaired) electrons.